The Balaban J connectivity index is 1.88. The van der Waals surface area contributed by atoms with Gasteiger partial charge in [-0.15, -0.1) is 0 Å². The van der Waals surface area contributed by atoms with Gasteiger partial charge in [-0.2, -0.15) is 30.8 Å². The van der Waals surface area contributed by atoms with Crippen molar-refractivity contribution in [2.24, 2.45) is 5.41 Å². The molecule has 1 aliphatic heterocycles. The number of halogens is 3. The third-order valence-electron chi connectivity index (χ3n) is 5.93. The molecule has 0 radical (unpaired) electrons. The number of ether oxygens (including phenoxy) is 1. The Morgan fingerprint density at radius 1 is 1.25 bits per heavy atom. The van der Waals surface area contributed by atoms with Gasteiger partial charge in [0.25, 0.3) is 5.88 Å². The molecule has 200 valence electrons. The van der Waals surface area contributed by atoms with Crippen LogP contribution >= 0.6 is 12.6 Å². The van der Waals surface area contributed by atoms with E-state index in [1.807, 2.05) is 4.90 Å². The van der Waals surface area contributed by atoms with Crippen molar-refractivity contribution in [3.63, 3.8) is 0 Å². The fraction of sp³-hybridized carbons (Fsp3) is 0.640. The van der Waals surface area contributed by atoms with E-state index >= 15 is 0 Å². The number of thiol groups is 1. The molecule has 0 bridgehead atoms. The number of hydrogen-bond donors (Lipinski definition) is 2. The van der Waals surface area contributed by atoms with Gasteiger partial charge in [-0.3, -0.25) is 0 Å². The molecule has 0 fully saturated rings. The van der Waals surface area contributed by atoms with Gasteiger partial charge in [0, 0.05) is 23.1 Å². The lowest BCUT2D eigenvalue weighted by atomic mass is 9.91. The molecule has 11 heteroatoms. The number of nitrogens with one attached hydrogen (secondary N) is 1. The SMILES string of the molecule is C=C(CC(C)(C)C)Nc1nc2c(nc1OCCC(C)(S)CC)N(Cc1cc(C(F)(F)F)no1)CCC2. The van der Waals surface area contributed by atoms with Crippen molar-refractivity contribution in [1.82, 2.24) is 15.1 Å². The van der Waals surface area contributed by atoms with E-state index in [0.717, 1.165) is 36.7 Å². The van der Waals surface area contributed by atoms with E-state index in [0.29, 0.717) is 43.5 Å². The first kappa shape index (κ1) is 28.1. The number of anilines is 2. The molecule has 0 aliphatic carbocycles. The number of hydrogen-bond acceptors (Lipinski definition) is 8. The highest BCUT2D eigenvalue weighted by Gasteiger charge is 2.35. The number of allylic oxidation sites excluding steroid dienone is 1. The third kappa shape index (κ3) is 7.78. The Bertz CT molecular complexity index is 1060. The normalized spacial score (nSPS) is 15.9. The van der Waals surface area contributed by atoms with Crippen molar-refractivity contribution in [1.29, 1.82) is 0 Å². The lowest BCUT2D eigenvalue weighted by molar-refractivity contribution is -0.142. The summed E-state index contributed by atoms with van der Waals surface area (Å²) in [7, 11) is 0. The predicted octanol–water partition coefficient (Wildman–Crippen LogP) is 6.67. The van der Waals surface area contributed by atoms with E-state index in [9.17, 15) is 13.2 Å². The zero-order valence-corrected chi connectivity index (χ0v) is 22.5. The number of alkyl halides is 3. The van der Waals surface area contributed by atoms with Gasteiger partial charge in [-0.05, 0) is 37.5 Å². The molecule has 0 saturated heterocycles. The van der Waals surface area contributed by atoms with Crippen LogP contribution in [0, 0.1) is 5.41 Å². The van der Waals surface area contributed by atoms with Gasteiger partial charge in [0.2, 0.25) is 0 Å². The number of nitrogens with zero attached hydrogens (tertiary/aromatic N) is 4. The van der Waals surface area contributed by atoms with Crippen molar-refractivity contribution < 1.29 is 22.4 Å². The van der Waals surface area contributed by atoms with Gasteiger partial charge < -0.3 is 19.5 Å². The van der Waals surface area contributed by atoms with Crippen molar-refractivity contribution in [3.05, 3.63) is 35.5 Å². The largest absolute Gasteiger partial charge is 0.475 e. The maximum atomic E-state index is 13.0. The Morgan fingerprint density at radius 3 is 2.58 bits per heavy atom. The number of fused-ring (bicyclic) bond motifs is 1. The molecule has 1 N–H and O–H groups in total. The second-order valence-corrected chi connectivity index (χ2v) is 11.8. The van der Waals surface area contributed by atoms with Gasteiger partial charge in [0.05, 0.1) is 18.8 Å². The molecular weight excluding hydrogens is 491 g/mol. The third-order valence-corrected chi connectivity index (χ3v) is 6.47. The van der Waals surface area contributed by atoms with Crippen molar-refractivity contribution >= 4 is 24.3 Å². The summed E-state index contributed by atoms with van der Waals surface area (Å²) in [5, 5.41) is 6.44. The topological polar surface area (TPSA) is 76.3 Å². The quantitative estimate of drug-likeness (QED) is 0.334. The van der Waals surface area contributed by atoms with Gasteiger partial charge in [0.1, 0.15) is 0 Å². The van der Waals surface area contributed by atoms with Crippen molar-refractivity contribution in [2.75, 3.05) is 23.4 Å². The zero-order chi connectivity index (χ0) is 26.7. The smallest absolute Gasteiger partial charge is 0.436 e. The molecule has 1 atom stereocenters. The highest BCUT2D eigenvalue weighted by Crippen LogP contribution is 2.35. The van der Waals surface area contributed by atoms with Crippen LogP contribution in [0.5, 0.6) is 5.88 Å². The maximum Gasteiger partial charge on any atom is 0.436 e. The van der Waals surface area contributed by atoms with Crippen molar-refractivity contribution in [3.8, 4) is 5.88 Å². The van der Waals surface area contributed by atoms with E-state index in [4.69, 9.17) is 19.2 Å². The first-order valence-electron chi connectivity index (χ1n) is 12.2. The number of aromatic nitrogens is 3. The summed E-state index contributed by atoms with van der Waals surface area (Å²) in [6.07, 6.45) is -0.774. The van der Waals surface area contributed by atoms with E-state index in [1.54, 1.807) is 0 Å². The second-order valence-electron chi connectivity index (χ2n) is 10.8. The summed E-state index contributed by atoms with van der Waals surface area (Å²) in [5.74, 6) is 1.48. The lowest BCUT2D eigenvalue weighted by Crippen LogP contribution is -2.31. The van der Waals surface area contributed by atoms with Crippen LogP contribution in [0.3, 0.4) is 0 Å². The Labute approximate surface area is 216 Å². The van der Waals surface area contributed by atoms with Crippen LogP contribution in [0.2, 0.25) is 0 Å². The van der Waals surface area contributed by atoms with E-state index in [1.165, 1.54) is 0 Å². The number of aryl methyl sites for hydroxylation is 1. The molecule has 3 rings (SSSR count). The molecular formula is C25H36F3N5O2S. The summed E-state index contributed by atoms with van der Waals surface area (Å²) in [6.45, 7) is 15.7. The van der Waals surface area contributed by atoms with Crippen LogP contribution < -0.4 is 15.0 Å². The van der Waals surface area contributed by atoms with Crippen molar-refractivity contribution in [2.45, 2.75) is 84.2 Å². The van der Waals surface area contributed by atoms with Crippen LogP contribution in [0.1, 0.15) is 77.5 Å². The average molecular weight is 528 g/mol. The summed E-state index contributed by atoms with van der Waals surface area (Å²) < 4.78 is 49.7. The first-order valence-corrected chi connectivity index (χ1v) is 12.6. The van der Waals surface area contributed by atoms with Gasteiger partial charge in [-0.25, -0.2) is 4.98 Å². The monoisotopic (exact) mass is 527 g/mol. The fourth-order valence-corrected chi connectivity index (χ4v) is 3.94. The molecule has 2 aromatic rings. The first-order chi connectivity index (χ1) is 16.7. The maximum absolute atomic E-state index is 13.0. The summed E-state index contributed by atoms with van der Waals surface area (Å²) in [5.41, 5.74) is 0.517. The highest BCUT2D eigenvalue weighted by atomic mass is 32.1. The minimum atomic E-state index is -4.56. The van der Waals surface area contributed by atoms with Crippen LogP contribution in [-0.2, 0) is 19.1 Å². The minimum absolute atomic E-state index is 0.0326. The molecule has 0 amide bonds. The Kier molecular flexibility index (Phi) is 8.52. The molecule has 2 aromatic heterocycles. The minimum Gasteiger partial charge on any atom is -0.475 e. The predicted molar refractivity (Wildman–Crippen MR) is 138 cm³/mol. The molecule has 0 aromatic carbocycles. The van der Waals surface area contributed by atoms with Gasteiger partial charge >= 0.3 is 6.18 Å². The van der Waals surface area contributed by atoms with Gasteiger partial charge in [-0.1, -0.05) is 46.4 Å². The van der Waals surface area contributed by atoms with Crippen LogP contribution in [-0.4, -0.2) is 33.0 Å². The second kappa shape index (κ2) is 10.9. The molecule has 0 spiro atoms. The average Bonchev–Trinajstić information content (AvgIpc) is 3.22. The molecule has 3 heterocycles. The zero-order valence-electron chi connectivity index (χ0n) is 21.6. The molecule has 1 aliphatic rings. The Hall–Kier alpha value is -2.43. The standard InChI is InChI=1S/C25H36F3N5O2S/c1-7-24(6,36)10-12-34-22-20(29-16(2)14-23(3,4)5)30-18-9-8-11-33(21(18)31-22)15-17-13-19(32-35-17)25(26,27)28/h13,36H,2,7-12,14-15H2,1,3-6H3,(H,29,30). The summed E-state index contributed by atoms with van der Waals surface area (Å²) >= 11 is 4.68. The number of rotatable bonds is 10. The molecule has 0 saturated carbocycles. The van der Waals surface area contributed by atoms with Crippen LogP contribution in [0.4, 0.5) is 24.8 Å². The lowest BCUT2D eigenvalue weighted by Gasteiger charge is -2.30. The summed E-state index contributed by atoms with van der Waals surface area (Å²) in [6, 6.07) is 0.920. The van der Waals surface area contributed by atoms with E-state index in [-0.39, 0.29) is 22.5 Å². The van der Waals surface area contributed by atoms with Crippen LogP contribution in [0.25, 0.3) is 0 Å². The molecule has 7 nitrogen and oxygen atoms in total. The highest BCUT2D eigenvalue weighted by molar-refractivity contribution is 7.81. The van der Waals surface area contributed by atoms with E-state index < -0.39 is 11.9 Å². The Morgan fingerprint density at radius 2 is 1.97 bits per heavy atom. The fourth-order valence-electron chi connectivity index (χ4n) is 3.85. The van der Waals surface area contributed by atoms with Crippen LogP contribution in [0.15, 0.2) is 22.9 Å². The molecule has 36 heavy (non-hydrogen) atoms. The van der Waals surface area contributed by atoms with E-state index in [2.05, 4.69) is 64.3 Å². The summed E-state index contributed by atoms with van der Waals surface area (Å²) in [4.78, 5) is 11.4. The molecule has 1 unspecified atom stereocenters. The van der Waals surface area contributed by atoms with Gasteiger partial charge in [0.15, 0.2) is 23.1 Å².